The van der Waals surface area contributed by atoms with Gasteiger partial charge in [-0.05, 0) is 50.5 Å². The van der Waals surface area contributed by atoms with Crippen LogP contribution >= 0.6 is 0 Å². The third-order valence-corrected chi connectivity index (χ3v) is 4.80. The Morgan fingerprint density at radius 3 is 2.81 bits per heavy atom. The normalized spacial score (nSPS) is 28.7. The molecule has 0 saturated heterocycles. The van der Waals surface area contributed by atoms with Gasteiger partial charge in [-0.1, -0.05) is 0 Å². The fourth-order valence-corrected chi connectivity index (χ4v) is 3.51. The van der Waals surface area contributed by atoms with Crippen LogP contribution in [0.25, 0.3) is 0 Å². The number of furan rings is 1. The van der Waals surface area contributed by atoms with Crippen molar-refractivity contribution in [3.05, 3.63) is 23.7 Å². The van der Waals surface area contributed by atoms with Crippen molar-refractivity contribution in [1.82, 2.24) is 10.6 Å². The van der Waals surface area contributed by atoms with Crippen molar-refractivity contribution < 1.29 is 14.3 Å². The van der Waals surface area contributed by atoms with Crippen LogP contribution in [0.5, 0.6) is 0 Å². The molecule has 2 amide bonds. The maximum absolute atomic E-state index is 12.2. The largest absolute Gasteiger partial charge is 0.469 e. The number of fused-ring (bicyclic) bond motifs is 1. The van der Waals surface area contributed by atoms with Gasteiger partial charge in [-0.15, -0.1) is 0 Å². The van der Waals surface area contributed by atoms with Gasteiger partial charge in [0.15, 0.2) is 0 Å². The summed E-state index contributed by atoms with van der Waals surface area (Å²) in [5.74, 6) is 1.42. The lowest BCUT2D eigenvalue weighted by molar-refractivity contribution is 0.174. The number of nitrogens with one attached hydrogen (secondary N) is 2. The monoisotopic (exact) mass is 292 g/mol. The van der Waals surface area contributed by atoms with Gasteiger partial charge >= 0.3 is 6.03 Å². The van der Waals surface area contributed by atoms with Crippen LogP contribution in [0.15, 0.2) is 16.7 Å². The zero-order valence-corrected chi connectivity index (χ0v) is 12.3. The minimum absolute atomic E-state index is 0.0706. The summed E-state index contributed by atoms with van der Waals surface area (Å²) < 4.78 is 5.45. The van der Waals surface area contributed by atoms with Crippen LogP contribution in [0.2, 0.25) is 0 Å². The van der Waals surface area contributed by atoms with Gasteiger partial charge in [-0.2, -0.15) is 0 Å². The van der Waals surface area contributed by atoms with E-state index >= 15 is 0 Å². The summed E-state index contributed by atoms with van der Waals surface area (Å²) >= 11 is 0. The minimum atomic E-state index is -0.0819. The lowest BCUT2D eigenvalue weighted by Gasteiger charge is -2.29. The summed E-state index contributed by atoms with van der Waals surface area (Å²) in [7, 11) is 0. The number of aliphatic hydroxyl groups excluding tert-OH is 1. The Labute approximate surface area is 125 Å². The highest BCUT2D eigenvalue weighted by molar-refractivity contribution is 5.74. The van der Waals surface area contributed by atoms with Crippen LogP contribution in [-0.4, -0.2) is 23.8 Å². The van der Waals surface area contributed by atoms with Gasteiger partial charge in [0, 0.05) is 24.6 Å². The molecule has 1 aromatic heterocycles. The van der Waals surface area contributed by atoms with Gasteiger partial charge in [0.05, 0.1) is 12.3 Å². The first-order valence-electron chi connectivity index (χ1n) is 8.00. The number of amides is 2. The molecule has 2 aliphatic carbocycles. The molecule has 5 heteroatoms. The van der Waals surface area contributed by atoms with E-state index in [-0.39, 0.29) is 24.7 Å². The molecule has 3 N–H and O–H groups in total. The number of carbonyl (C=O) groups excluding carboxylic acids is 1. The second-order valence-electron chi connectivity index (χ2n) is 6.26. The summed E-state index contributed by atoms with van der Waals surface area (Å²) in [6.45, 7) is 0.268. The third kappa shape index (κ3) is 3.40. The van der Waals surface area contributed by atoms with E-state index in [1.54, 1.807) is 6.26 Å². The first kappa shape index (κ1) is 14.4. The molecule has 0 spiro atoms. The Morgan fingerprint density at radius 1 is 1.24 bits per heavy atom. The average molecular weight is 292 g/mol. The van der Waals surface area contributed by atoms with Crippen molar-refractivity contribution in [2.45, 2.75) is 57.0 Å². The highest BCUT2D eigenvalue weighted by Gasteiger charge is 2.26. The van der Waals surface area contributed by atoms with Gasteiger partial charge in [0.1, 0.15) is 5.76 Å². The zero-order valence-electron chi connectivity index (χ0n) is 12.3. The maximum atomic E-state index is 12.2. The molecule has 21 heavy (non-hydrogen) atoms. The summed E-state index contributed by atoms with van der Waals surface area (Å²) in [4.78, 5) is 12.2. The highest BCUT2D eigenvalue weighted by Crippen LogP contribution is 2.30. The van der Waals surface area contributed by atoms with Gasteiger partial charge in [-0.3, -0.25) is 0 Å². The fourth-order valence-electron chi connectivity index (χ4n) is 3.51. The van der Waals surface area contributed by atoms with E-state index < -0.39 is 0 Å². The number of aliphatic hydroxyl groups is 1. The molecule has 116 valence electrons. The van der Waals surface area contributed by atoms with Crippen molar-refractivity contribution in [3.63, 3.8) is 0 Å². The van der Waals surface area contributed by atoms with E-state index in [4.69, 9.17) is 9.52 Å². The molecule has 0 radical (unpaired) electrons. The van der Waals surface area contributed by atoms with Crippen molar-refractivity contribution in [2.75, 3.05) is 6.61 Å². The van der Waals surface area contributed by atoms with Crippen molar-refractivity contribution in [2.24, 2.45) is 5.92 Å². The summed E-state index contributed by atoms with van der Waals surface area (Å²) in [6, 6.07) is 2.19. The lowest BCUT2D eigenvalue weighted by atomic mass is 9.86. The molecule has 0 aliphatic heterocycles. The van der Waals surface area contributed by atoms with Crippen LogP contribution in [0, 0.1) is 5.92 Å². The molecule has 1 atom stereocenters. The van der Waals surface area contributed by atoms with E-state index in [9.17, 15) is 4.79 Å². The van der Waals surface area contributed by atoms with Crippen molar-refractivity contribution >= 4 is 6.03 Å². The van der Waals surface area contributed by atoms with E-state index in [1.807, 2.05) is 6.07 Å². The minimum Gasteiger partial charge on any atom is -0.469 e. The van der Waals surface area contributed by atoms with Crippen molar-refractivity contribution in [3.8, 4) is 0 Å². The predicted octanol–water partition coefficient (Wildman–Crippen LogP) is 2.51. The molecule has 2 aliphatic rings. The SMILES string of the molecule is O=C(NC1CCC(CO)CC1)NC1CCCc2occc21. The van der Waals surface area contributed by atoms with Crippen LogP contribution in [-0.2, 0) is 6.42 Å². The average Bonchev–Trinajstić information content (AvgIpc) is 2.97. The number of hydrogen-bond donors (Lipinski definition) is 3. The van der Waals surface area contributed by atoms with Gasteiger partial charge in [0.2, 0.25) is 0 Å². The number of hydrogen-bond acceptors (Lipinski definition) is 3. The topological polar surface area (TPSA) is 74.5 Å². The number of urea groups is 1. The van der Waals surface area contributed by atoms with Gasteiger partial charge < -0.3 is 20.2 Å². The van der Waals surface area contributed by atoms with Gasteiger partial charge in [-0.25, -0.2) is 4.79 Å². The fraction of sp³-hybridized carbons (Fsp3) is 0.688. The van der Waals surface area contributed by atoms with E-state index in [1.165, 1.54) is 0 Å². The van der Waals surface area contributed by atoms with Crippen LogP contribution in [0.3, 0.4) is 0 Å². The zero-order chi connectivity index (χ0) is 14.7. The van der Waals surface area contributed by atoms with Gasteiger partial charge in [0.25, 0.3) is 0 Å². The summed E-state index contributed by atoms with van der Waals surface area (Å²) in [6.07, 6.45) is 8.60. The molecular formula is C16H24N2O3. The second-order valence-corrected chi connectivity index (χ2v) is 6.26. The third-order valence-electron chi connectivity index (χ3n) is 4.80. The maximum Gasteiger partial charge on any atom is 0.315 e. The Hall–Kier alpha value is -1.49. The molecule has 1 unspecified atom stereocenters. The number of aryl methyl sites for hydroxylation is 1. The number of carbonyl (C=O) groups is 1. The summed E-state index contributed by atoms with van der Waals surface area (Å²) in [5.41, 5.74) is 1.13. The van der Waals surface area contributed by atoms with Crippen molar-refractivity contribution in [1.29, 1.82) is 0 Å². The smallest absolute Gasteiger partial charge is 0.315 e. The standard InChI is InChI=1S/C16H24N2O3/c19-10-11-4-6-12(7-5-11)17-16(20)18-14-2-1-3-15-13(14)8-9-21-15/h8-9,11-12,14,19H,1-7,10H2,(H2,17,18,20). The van der Waals surface area contributed by atoms with Crippen LogP contribution in [0.4, 0.5) is 4.79 Å². The molecule has 1 aromatic rings. The molecule has 5 nitrogen and oxygen atoms in total. The quantitative estimate of drug-likeness (QED) is 0.801. The number of rotatable bonds is 3. The molecule has 1 heterocycles. The molecule has 3 rings (SSSR count). The van der Waals surface area contributed by atoms with E-state index in [0.717, 1.165) is 56.3 Å². The predicted molar refractivity (Wildman–Crippen MR) is 78.9 cm³/mol. The van der Waals surface area contributed by atoms with Crippen LogP contribution in [0.1, 0.15) is 55.9 Å². The Balaban J connectivity index is 1.49. The molecule has 1 fully saturated rings. The first-order valence-corrected chi connectivity index (χ1v) is 8.00. The molecule has 1 saturated carbocycles. The van der Waals surface area contributed by atoms with Crippen LogP contribution < -0.4 is 10.6 Å². The Morgan fingerprint density at radius 2 is 2.05 bits per heavy atom. The second kappa shape index (κ2) is 6.52. The molecular weight excluding hydrogens is 268 g/mol. The van der Waals surface area contributed by atoms with E-state index in [0.29, 0.717) is 5.92 Å². The Bertz CT molecular complexity index is 478. The lowest BCUT2D eigenvalue weighted by Crippen LogP contribution is -2.45. The molecule has 0 aromatic carbocycles. The highest BCUT2D eigenvalue weighted by atomic mass is 16.3. The first-order chi connectivity index (χ1) is 10.3. The molecule has 0 bridgehead atoms. The van der Waals surface area contributed by atoms with E-state index in [2.05, 4.69) is 10.6 Å². The summed E-state index contributed by atoms with van der Waals surface area (Å²) in [5, 5.41) is 15.3. The Kier molecular flexibility index (Phi) is 4.48.